The quantitative estimate of drug-likeness (QED) is 0.806. The van der Waals surface area contributed by atoms with E-state index in [1.165, 1.54) is 0 Å². The van der Waals surface area contributed by atoms with Crippen molar-refractivity contribution >= 4 is 28.9 Å². The fourth-order valence-electron chi connectivity index (χ4n) is 1.27. The van der Waals surface area contributed by atoms with Crippen LogP contribution < -0.4 is 10.6 Å². The van der Waals surface area contributed by atoms with Crippen LogP contribution in [-0.2, 0) is 0 Å². The summed E-state index contributed by atoms with van der Waals surface area (Å²) in [6.45, 7) is 8.11. The highest BCUT2D eigenvalue weighted by Gasteiger charge is 2.08. The van der Waals surface area contributed by atoms with Crippen molar-refractivity contribution in [3.05, 3.63) is 28.2 Å². The Kier molecular flexibility index (Phi) is 4.90. The molecule has 2 nitrogen and oxygen atoms in total. The summed E-state index contributed by atoms with van der Waals surface area (Å²) in [5.41, 5.74) is 1.02. The molecule has 0 unspecified atom stereocenters. The molecule has 0 radical (unpaired) electrons. The Morgan fingerprint density at radius 2 is 1.81 bits per heavy atom. The van der Waals surface area contributed by atoms with Gasteiger partial charge in [0.25, 0.3) is 0 Å². The van der Waals surface area contributed by atoms with Gasteiger partial charge in [-0.25, -0.2) is 0 Å². The molecule has 0 spiro atoms. The smallest absolute Gasteiger partial charge is 0.0823 e. The molecule has 1 aromatic rings. The maximum atomic E-state index is 6.05. The molecule has 0 aliphatic heterocycles. The number of nitrogens with one attached hydrogen (secondary N) is 2. The number of halogens is 2. The van der Waals surface area contributed by atoms with Gasteiger partial charge in [-0.15, -0.1) is 0 Å². The van der Waals surface area contributed by atoms with Crippen molar-refractivity contribution in [3.63, 3.8) is 0 Å². The van der Waals surface area contributed by atoms with Crippen molar-refractivity contribution < 1.29 is 0 Å². The molecule has 0 bridgehead atoms. The van der Waals surface area contributed by atoms with E-state index in [0.717, 1.165) is 18.8 Å². The molecule has 2 N–H and O–H groups in total. The molecular formula is C12H18Cl2N2. The zero-order chi connectivity index (χ0) is 12.2. The van der Waals surface area contributed by atoms with Crippen LogP contribution in [-0.4, -0.2) is 18.6 Å². The summed E-state index contributed by atoms with van der Waals surface area (Å²) >= 11 is 12.0. The monoisotopic (exact) mass is 260 g/mol. The van der Waals surface area contributed by atoms with Crippen LogP contribution in [0.4, 0.5) is 5.69 Å². The molecule has 90 valence electrons. The van der Waals surface area contributed by atoms with E-state index in [1.54, 1.807) is 6.07 Å². The van der Waals surface area contributed by atoms with Gasteiger partial charge < -0.3 is 10.6 Å². The average molecular weight is 261 g/mol. The van der Waals surface area contributed by atoms with Gasteiger partial charge in [0.05, 0.1) is 15.7 Å². The van der Waals surface area contributed by atoms with Crippen LogP contribution in [0.2, 0.25) is 10.0 Å². The molecular weight excluding hydrogens is 243 g/mol. The zero-order valence-electron chi connectivity index (χ0n) is 9.90. The summed E-state index contributed by atoms with van der Waals surface area (Å²) in [5, 5.41) is 7.80. The minimum absolute atomic E-state index is 0.139. The summed E-state index contributed by atoms with van der Waals surface area (Å²) in [6, 6.07) is 5.58. The summed E-state index contributed by atoms with van der Waals surface area (Å²) in [7, 11) is 0. The average Bonchev–Trinajstić information content (AvgIpc) is 2.17. The first-order valence-electron chi connectivity index (χ1n) is 5.33. The van der Waals surface area contributed by atoms with Crippen molar-refractivity contribution in [3.8, 4) is 0 Å². The van der Waals surface area contributed by atoms with Gasteiger partial charge in [0.2, 0.25) is 0 Å². The van der Waals surface area contributed by atoms with Gasteiger partial charge in [-0.3, -0.25) is 0 Å². The van der Waals surface area contributed by atoms with Crippen LogP contribution in [0.15, 0.2) is 18.2 Å². The van der Waals surface area contributed by atoms with Crippen molar-refractivity contribution in [1.29, 1.82) is 0 Å². The summed E-state index contributed by atoms with van der Waals surface area (Å²) in [6.07, 6.45) is 0. The molecule has 0 fully saturated rings. The molecule has 1 rings (SSSR count). The van der Waals surface area contributed by atoms with Gasteiger partial charge >= 0.3 is 0 Å². The van der Waals surface area contributed by atoms with E-state index in [4.69, 9.17) is 23.2 Å². The van der Waals surface area contributed by atoms with Crippen LogP contribution in [0.25, 0.3) is 0 Å². The molecule has 0 saturated heterocycles. The first-order chi connectivity index (χ1) is 7.40. The molecule has 0 aliphatic carbocycles. The Hall–Kier alpha value is -0.440. The highest BCUT2D eigenvalue weighted by atomic mass is 35.5. The van der Waals surface area contributed by atoms with Crippen LogP contribution in [0, 0.1) is 0 Å². The van der Waals surface area contributed by atoms with Crippen molar-refractivity contribution in [1.82, 2.24) is 5.32 Å². The molecule has 0 amide bonds. The summed E-state index contributed by atoms with van der Waals surface area (Å²) in [4.78, 5) is 0. The first-order valence-corrected chi connectivity index (χ1v) is 6.09. The Labute approximate surface area is 107 Å². The third-order valence-electron chi connectivity index (χ3n) is 2.05. The molecule has 0 atom stereocenters. The lowest BCUT2D eigenvalue weighted by atomic mass is 10.1. The van der Waals surface area contributed by atoms with Crippen LogP contribution >= 0.6 is 23.2 Å². The third-order valence-corrected chi connectivity index (χ3v) is 2.87. The second-order valence-electron chi connectivity index (χ2n) is 4.70. The van der Waals surface area contributed by atoms with Gasteiger partial charge in [-0.2, -0.15) is 0 Å². The SMILES string of the molecule is CC(C)(C)NCCNc1cccc(Cl)c1Cl. The van der Waals surface area contributed by atoms with Crippen molar-refractivity contribution in [2.75, 3.05) is 18.4 Å². The predicted molar refractivity (Wildman–Crippen MR) is 72.7 cm³/mol. The third kappa shape index (κ3) is 4.60. The Morgan fingerprint density at radius 3 is 2.44 bits per heavy atom. The highest BCUT2D eigenvalue weighted by molar-refractivity contribution is 6.43. The maximum Gasteiger partial charge on any atom is 0.0823 e. The van der Waals surface area contributed by atoms with Crippen molar-refractivity contribution in [2.45, 2.75) is 26.3 Å². The lowest BCUT2D eigenvalue weighted by Crippen LogP contribution is -2.38. The van der Waals surface area contributed by atoms with E-state index in [9.17, 15) is 0 Å². The van der Waals surface area contributed by atoms with E-state index in [-0.39, 0.29) is 5.54 Å². The lowest BCUT2D eigenvalue weighted by Gasteiger charge is -2.21. The summed E-state index contributed by atoms with van der Waals surface area (Å²) < 4.78 is 0. The zero-order valence-corrected chi connectivity index (χ0v) is 11.4. The van der Waals surface area contributed by atoms with Gasteiger partial charge in [0.15, 0.2) is 0 Å². The van der Waals surface area contributed by atoms with Crippen LogP contribution in [0.3, 0.4) is 0 Å². The Balaban J connectivity index is 2.41. The van der Waals surface area contributed by atoms with Gasteiger partial charge in [0, 0.05) is 18.6 Å². The largest absolute Gasteiger partial charge is 0.383 e. The summed E-state index contributed by atoms with van der Waals surface area (Å²) in [5.74, 6) is 0. The van der Waals surface area contributed by atoms with Gasteiger partial charge in [-0.05, 0) is 32.9 Å². The molecule has 4 heteroatoms. The van der Waals surface area contributed by atoms with E-state index >= 15 is 0 Å². The second kappa shape index (κ2) is 5.76. The topological polar surface area (TPSA) is 24.1 Å². The second-order valence-corrected chi connectivity index (χ2v) is 5.49. The molecule has 0 aromatic heterocycles. The van der Waals surface area contributed by atoms with E-state index in [1.807, 2.05) is 12.1 Å². The van der Waals surface area contributed by atoms with Crippen molar-refractivity contribution in [2.24, 2.45) is 0 Å². The number of rotatable bonds is 4. The van der Waals surface area contributed by atoms with Gasteiger partial charge in [-0.1, -0.05) is 29.3 Å². The molecule has 16 heavy (non-hydrogen) atoms. The molecule has 0 saturated carbocycles. The molecule has 0 aliphatic rings. The molecule has 1 aromatic carbocycles. The number of benzene rings is 1. The first kappa shape index (κ1) is 13.6. The minimum Gasteiger partial charge on any atom is -0.383 e. The predicted octanol–water partition coefficient (Wildman–Crippen LogP) is 3.79. The highest BCUT2D eigenvalue weighted by Crippen LogP contribution is 2.29. The maximum absolute atomic E-state index is 6.05. The Morgan fingerprint density at radius 1 is 1.12 bits per heavy atom. The van der Waals surface area contributed by atoms with Crippen LogP contribution in [0.1, 0.15) is 20.8 Å². The van der Waals surface area contributed by atoms with E-state index in [2.05, 4.69) is 31.4 Å². The Bertz CT molecular complexity index is 345. The van der Waals surface area contributed by atoms with Crippen LogP contribution in [0.5, 0.6) is 0 Å². The van der Waals surface area contributed by atoms with E-state index in [0.29, 0.717) is 10.0 Å². The van der Waals surface area contributed by atoms with E-state index < -0.39 is 0 Å². The fourth-order valence-corrected chi connectivity index (χ4v) is 1.64. The number of hydrogen-bond acceptors (Lipinski definition) is 2. The standard InChI is InChI=1S/C12H18Cl2N2/c1-12(2,3)16-8-7-15-10-6-4-5-9(13)11(10)14/h4-6,15-16H,7-8H2,1-3H3. The normalized spacial score (nSPS) is 11.6. The van der Waals surface area contributed by atoms with Gasteiger partial charge in [0.1, 0.15) is 0 Å². The number of hydrogen-bond donors (Lipinski definition) is 2. The fraction of sp³-hybridized carbons (Fsp3) is 0.500. The molecule has 0 heterocycles. The lowest BCUT2D eigenvalue weighted by molar-refractivity contribution is 0.435. The minimum atomic E-state index is 0.139. The number of anilines is 1.